The predicted octanol–water partition coefficient (Wildman–Crippen LogP) is 4.33. The molecule has 126 valence electrons. The Balaban J connectivity index is 1.58. The number of aromatic nitrogens is 2. The van der Waals surface area contributed by atoms with Crippen LogP contribution >= 0.6 is 11.6 Å². The van der Waals surface area contributed by atoms with Crippen molar-refractivity contribution >= 4 is 29.1 Å². The summed E-state index contributed by atoms with van der Waals surface area (Å²) in [5.74, 6) is 0.350. The van der Waals surface area contributed by atoms with E-state index >= 15 is 0 Å². The molecule has 3 rings (SSSR count). The molecular formula is C18H21ClN4O. The van der Waals surface area contributed by atoms with Gasteiger partial charge in [-0.3, -0.25) is 4.79 Å². The lowest BCUT2D eigenvalue weighted by Crippen LogP contribution is -2.34. The molecule has 0 saturated heterocycles. The Kier molecular flexibility index (Phi) is 5.64. The van der Waals surface area contributed by atoms with Crippen molar-refractivity contribution in [3.63, 3.8) is 0 Å². The molecule has 2 aromatic rings. The van der Waals surface area contributed by atoms with Crippen molar-refractivity contribution in [3.8, 4) is 0 Å². The minimum absolute atomic E-state index is 0.0973. The van der Waals surface area contributed by atoms with Gasteiger partial charge in [0, 0.05) is 29.1 Å². The molecule has 1 fully saturated rings. The highest BCUT2D eigenvalue weighted by Crippen LogP contribution is 2.18. The number of halogens is 1. The number of anilines is 2. The zero-order valence-corrected chi connectivity index (χ0v) is 14.2. The third-order valence-electron chi connectivity index (χ3n) is 4.20. The van der Waals surface area contributed by atoms with Gasteiger partial charge in [-0.05, 0) is 37.1 Å². The van der Waals surface area contributed by atoms with Crippen molar-refractivity contribution in [1.29, 1.82) is 0 Å². The van der Waals surface area contributed by atoms with Crippen molar-refractivity contribution < 1.29 is 4.79 Å². The number of nitrogens with zero attached hydrogens (tertiary/aromatic N) is 2. The summed E-state index contributed by atoms with van der Waals surface area (Å²) in [5.41, 5.74) is 1.33. The molecule has 1 aliphatic carbocycles. The average Bonchev–Trinajstić information content (AvgIpc) is 2.86. The number of carbonyl (C=O) groups excluding carboxylic acids is 1. The van der Waals surface area contributed by atoms with Gasteiger partial charge in [0.1, 0.15) is 0 Å². The third kappa shape index (κ3) is 4.68. The van der Waals surface area contributed by atoms with Crippen molar-refractivity contribution in [2.75, 3.05) is 5.32 Å². The van der Waals surface area contributed by atoms with Gasteiger partial charge < -0.3 is 10.6 Å². The first-order valence-corrected chi connectivity index (χ1v) is 8.74. The smallest absolute Gasteiger partial charge is 0.254 e. The van der Waals surface area contributed by atoms with E-state index in [4.69, 9.17) is 11.6 Å². The van der Waals surface area contributed by atoms with Gasteiger partial charge in [0.05, 0.1) is 5.56 Å². The third-order valence-corrected chi connectivity index (χ3v) is 4.46. The molecule has 0 aliphatic heterocycles. The first-order valence-electron chi connectivity index (χ1n) is 8.36. The van der Waals surface area contributed by atoms with Crippen molar-refractivity contribution in [1.82, 2.24) is 15.3 Å². The van der Waals surface area contributed by atoms with Gasteiger partial charge in [-0.25, -0.2) is 9.97 Å². The molecule has 24 heavy (non-hydrogen) atoms. The average molecular weight is 345 g/mol. The first-order chi connectivity index (χ1) is 11.7. The van der Waals surface area contributed by atoms with Crippen LogP contribution in [0.15, 0.2) is 36.7 Å². The van der Waals surface area contributed by atoms with Gasteiger partial charge >= 0.3 is 0 Å². The highest BCUT2D eigenvalue weighted by molar-refractivity contribution is 6.30. The summed E-state index contributed by atoms with van der Waals surface area (Å²) in [5, 5.41) is 6.84. The maximum absolute atomic E-state index is 12.3. The Bertz CT molecular complexity index is 664. The molecule has 1 amide bonds. The van der Waals surface area contributed by atoms with E-state index in [-0.39, 0.29) is 11.9 Å². The van der Waals surface area contributed by atoms with Crippen LogP contribution in [0.25, 0.3) is 0 Å². The Morgan fingerprint density at radius 3 is 2.25 bits per heavy atom. The topological polar surface area (TPSA) is 66.9 Å². The van der Waals surface area contributed by atoms with Crippen LogP contribution in [0.5, 0.6) is 0 Å². The molecule has 1 aromatic carbocycles. The Hall–Kier alpha value is -2.14. The number of amides is 1. The summed E-state index contributed by atoms with van der Waals surface area (Å²) in [6, 6.07) is 7.54. The highest BCUT2D eigenvalue weighted by Gasteiger charge is 2.16. The van der Waals surface area contributed by atoms with Crippen LogP contribution in [0.1, 0.15) is 48.9 Å². The van der Waals surface area contributed by atoms with E-state index in [0.717, 1.165) is 18.5 Å². The highest BCUT2D eigenvalue weighted by atomic mass is 35.5. The molecule has 6 heteroatoms. The summed E-state index contributed by atoms with van der Waals surface area (Å²) in [4.78, 5) is 20.7. The lowest BCUT2D eigenvalue weighted by molar-refractivity contribution is 0.0932. The minimum atomic E-state index is -0.0973. The van der Waals surface area contributed by atoms with Crippen LogP contribution in [0.3, 0.4) is 0 Å². The fourth-order valence-electron chi connectivity index (χ4n) is 2.86. The van der Waals surface area contributed by atoms with Crippen LogP contribution < -0.4 is 10.6 Å². The van der Waals surface area contributed by atoms with Crippen LogP contribution in [0.2, 0.25) is 5.02 Å². The molecule has 2 N–H and O–H groups in total. The van der Waals surface area contributed by atoms with E-state index in [0.29, 0.717) is 16.5 Å². The van der Waals surface area contributed by atoms with Gasteiger partial charge in [-0.2, -0.15) is 0 Å². The number of rotatable bonds is 4. The van der Waals surface area contributed by atoms with E-state index in [1.165, 1.54) is 25.7 Å². The Morgan fingerprint density at radius 2 is 1.62 bits per heavy atom. The van der Waals surface area contributed by atoms with Gasteiger partial charge in [0.15, 0.2) is 0 Å². The summed E-state index contributed by atoms with van der Waals surface area (Å²) < 4.78 is 0. The molecule has 1 heterocycles. The van der Waals surface area contributed by atoms with Gasteiger partial charge in [-0.15, -0.1) is 0 Å². The Morgan fingerprint density at radius 1 is 1.00 bits per heavy atom. The van der Waals surface area contributed by atoms with Gasteiger partial charge in [-0.1, -0.05) is 37.3 Å². The maximum atomic E-state index is 12.3. The molecule has 1 saturated carbocycles. The molecule has 0 bridgehead atoms. The van der Waals surface area contributed by atoms with Crippen LogP contribution in [-0.4, -0.2) is 21.9 Å². The van der Waals surface area contributed by atoms with Crippen LogP contribution in [-0.2, 0) is 0 Å². The van der Waals surface area contributed by atoms with Crippen molar-refractivity contribution in [2.24, 2.45) is 0 Å². The lowest BCUT2D eigenvalue weighted by atomic mass is 10.1. The SMILES string of the molecule is O=C(NC1CCCCCC1)c1cnc(Nc2ccc(Cl)cc2)nc1. The summed E-state index contributed by atoms with van der Waals surface area (Å²) >= 11 is 5.86. The zero-order chi connectivity index (χ0) is 16.8. The summed E-state index contributed by atoms with van der Waals surface area (Å²) in [6.07, 6.45) is 10.1. The molecule has 5 nitrogen and oxygen atoms in total. The monoisotopic (exact) mass is 344 g/mol. The van der Waals surface area contributed by atoms with Crippen molar-refractivity contribution in [2.45, 2.75) is 44.6 Å². The molecule has 0 unspecified atom stereocenters. The van der Waals surface area contributed by atoms with E-state index < -0.39 is 0 Å². The van der Waals surface area contributed by atoms with Crippen LogP contribution in [0, 0.1) is 0 Å². The largest absolute Gasteiger partial charge is 0.349 e. The number of nitrogens with one attached hydrogen (secondary N) is 2. The van der Waals surface area contributed by atoms with Gasteiger partial charge in [0.2, 0.25) is 5.95 Å². The standard InChI is InChI=1S/C18H21ClN4O/c19-14-7-9-16(10-8-14)23-18-20-11-13(12-21-18)17(24)22-15-5-3-1-2-4-6-15/h7-12,15H,1-6H2,(H,22,24)(H,20,21,23). The molecule has 1 aliphatic rings. The number of hydrogen-bond acceptors (Lipinski definition) is 4. The van der Waals surface area contributed by atoms with E-state index in [2.05, 4.69) is 20.6 Å². The summed E-state index contributed by atoms with van der Waals surface area (Å²) in [7, 11) is 0. The Labute approximate surface area is 146 Å². The zero-order valence-electron chi connectivity index (χ0n) is 13.5. The van der Waals surface area contributed by atoms with Crippen molar-refractivity contribution in [3.05, 3.63) is 47.2 Å². The summed E-state index contributed by atoms with van der Waals surface area (Å²) in [6.45, 7) is 0. The fraction of sp³-hybridized carbons (Fsp3) is 0.389. The number of hydrogen-bond donors (Lipinski definition) is 2. The van der Waals surface area contributed by atoms with E-state index in [1.54, 1.807) is 24.5 Å². The van der Waals surface area contributed by atoms with Gasteiger partial charge in [0.25, 0.3) is 5.91 Å². The lowest BCUT2D eigenvalue weighted by Gasteiger charge is -2.16. The molecule has 0 atom stereocenters. The minimum Gasteiger partial charge on any atom is -0.349 e. The van der Waals surface area contributed by atoms with E-state index in [1.807, 2.05) is 12.1 Å². The normalized spacial score (nSPS) is 15.5. The second-order valence-electron chi connectivity index (χ2n) is 6.09. The molecule has 1 aromatic heterocycles. The second-order valence-corrected chi connectivity index (χ2v) is 6.53. The molecular weight excluding hydrogens is 324 g/mol. The predicted molar refractivity (Wildman–Crippen MR) is 95.7 cm³/mol. The van der Waals surface area contributed by atoms with Crippen LogP contribution in [0.4, 0.5) is 11.6 Å². The van der Waals surface area contributed by atoms with E-state index in [9.17, 15) is 4.79 Å². The fourth-order valence-corrected chi connectivity index (χ4v) is 2.99. The quantitative estimate of drug-likeness (QED) is 0.810. The second kappa shape index (κ2) is 8.11. The first kappa shape index (κ1) is 16.7. The molecule has 0 spiro atoms. The maximum Gasteiger partial charge on any atom is 0.254 e. The number of carbonyl (C=O) groups is 1. The number of benzene rings is 1. The molecule has 0 radical (unpaired) electrons.